The van der Waals surface area contributed by atoms with Gasteiger partial charge < -0.3 is 14.9 Å². The van der Waals surface area contributed by atoms with Gasteiger partial charge in [-0.2, -0.15) is 0 Å². The second-order valence-electron chi connectivity index (χ2n) is 6.74. The summed E-state index contributed by atoms with van der Waals surface area (Å²) in [6, 6.07) is 0. The van der Waals surface area contributed by atoms with Crippen LogP contribution in [0.4, 0.5) is 0 Å². The maximum Gasteiger partial charge on any atom is 0.160 e. The molecule has 0 bridgehead atoms. The first-order chi connectivity index (χ1) is 11.3. The van der Waals surface area contributed by atoms with E-state index in [1.807, 2.05) is 0 Å². The number of hydrogen-bond donors (Lipinski definition) is 2. The first-order valence-electron chi connectivity index (χ1n) is 8.99. The topological polar surface area (TPSA) is 49.7 Å². The molecule has 0 saturated heterocycles. The lowest BCUT2D eigenvalue weighted by Crippen LogP contribution is -2.34. The van der Waals surface area contributed by atoms with E-state index in [2.05, 4.69) is 44.1 Å². The van der Waals surface area contributed by atoms with Crippen LogP contribution in [0.1, 0.15) is 72.6 Å². The van der Waals surface area contributed by atoms with E-state index in [4.69, 9.17) is 4.74 Å². The van der Waals surface area contributed by atoms with Crippen molar-refractivity contribution in [2.24, 2.45) is 5.92 Å². The maximum absolute atomic E-state index is 9.96. The van der Waals surface area contributed by atoms with E-state index in [0.29, 0.717) is 6.42 Å². The summed E-state index contributed by atoms with van der Waals surface area (Å²) in [7, 11) is 0. The smallest absolute Gasteiger partial charge is 0.160 e. The third-order valence-corrected chi connectivity index (χ3v) is 3.68. The first kappa shape index (κ1) is 22.7. The predicted octanol–water partition coefficient (Wildman–Crippen LogP) is 4.04. The Hall–Kier alpha value is -1.26. The SMILES string of the molecule is C=C[C@H](O)C#CC#CC[C@@H](C)[C@@H](CCCCCCC)OC(C)(C)O. The molecule has 0 amide bonds. The summed E-state index contributed by atoms with van der Waals surface area (Å²) >= 11 is 0. The third kappa shape index (κ3) is 13.2. The average Bonchev–Trinajstić information content (AvgIpc) is 2.51. The standard InChI is InChI=1S/C21H34O3/c1-6-8-9-10-14-17-20(24-21(4,5)23)18(3)15-12-11-13-16-19(22)7-2/h7,18-20,22-23H,2,6,8-10,14-15,17H2,1,3-5H3/t18-,19+,20-/m1/s1. The van der Waals surface area contributed by atoms with E-state index >= 15 is 0 Å². The minimum atomic E-state index is -1.14. The largest absolute Gasteiger partial charge is 0.377 e. The number of ether oxygens (including phenoxy) is 1. The van der Waals surface area contributed by atoms with E-state index < -0.39 is 11.9 Å². The van der Waals surface area contributed by atoms with Gasteiger partial charge >= 0.3 is 0 Å². The third-order valence-electron chi connectivity index (χ3n) is 3.68. The summed E-state index contributed by atoms with van der Waals surface area (Å²) < 4.78 is 5.82. The van der Waals surface area contributed by atoms with Crippen LogP contribution in [0.2, 0.25) is 0 Å². The summed E-state index contributed by atoms with van der Waals surface area (Å²) in [4.78, 5) is 0. The molecule has 0 unspecified atom stereocenters. The van der Waals surface area contributed by atoms with Crippen molar-refractivity contribution in [3.05, 3.63) is 12.7 Å². The summed E-state index contributed by atoms with van der Waals surface area (Å²) in [5.41, 5.74) is 0. The molecule has 0 heterocycles. The Morgan fingerprint density at radius 2 is 1.83 bits per heavy atom. The maximum atomic E-state index is 9.96. The molecule has 0 radical (unpaired) electrons. The normalized spacial score (nSPS) is 14.6. The highest BCUT2D eigenvalue weighted by Crippen LogP contribution is 2.23. The molecule has 3 atom stereocenters. The van der Waals surface area contributed by atoms with E-state index in [-0.39, 0.29) is 12.0 Å². The van der Waals surface area contributed by atoms with Gasteiger partial charge in [0, 0.05) is 6.42 Å². The molecule has 0 spiro atoms. The van der Waals surface area contributed by atoms with Gasteiger partial charge in [0.15, 0.2) is 5.79 Å². The van der Waals surface area contributed by atoms with Gasteiger partial charge in [0.25, 0.3) is 0 Å². The lowest BCUT2D eigenvalue weighted by molar-refractivity contribution is -0.216. The number of rotatable bonds is 11. The Balaban J connectivity index is 4.50. The molecule has 0 aliphatic heterocycles. The average molecular weight is 335 g/mol. The van der Waals surface area contributed by atoms with Crippen molar-refractivity contribution in [1.82, 2.24) is 0 Å². The van der Waals surface area contributed by atoms with Crippen LogP contribution in [-0.4, -0.2) is 28.2 Å². The van der Waals surface area contributed by atoms with Crippen LogP contribution in [0, 0.1) is 29.6 Å². The van der Waals surface area contributed by atoms with E-state index in [1.54, 1.807) is 13.8 Å². The van der Waals surface area contributed by atoms with Crippen LogP contribution in [-0.2, 0) is 4.74 Å². The van der Waals surface area contributed by atoms with Crippen molar-refractivity contribution < 1.29 is 14.9 Å². The molecule has 0 fully saturated rings. The second kappa shape index (κ2) is 13.1. The zero-order chi connectivity index (χ0) is 18.4. The van der Waals surface area contributed by atoms with Crippen LogP contribution in [0.3, 0.4) is 0 Å². The highest BCUT2D eigenvalue weighted by atomic mass is 16.6. The number of aliphatic hydroxyl groups is 2. The lowest BCUT2D eigenvalue weighted by Gasteiger charge is -2.30. The molecule has 136 valence electrons. The summed E-state index contributed by atoms with van der Waals surface area (Å²) in [5.74, 6) is 10.0. The molecule has 2 N–H and O–H groups in total. The minimum absolute atomic E-state index is 0.0207. The molecular formula is C21H34O3. The van der Waals surface area contributed by atoms with Crippen LogP contribution in [0.15, 0.2) is 12.7 Å². The quantitative estimate of drug-likeness (QED) is 0.259. The number of hydrogen-bond acceptors (Lipinski definition) is 3. The van der Waals surface area contributed by atoms with E-state index in [0.717, 1.165) is 12.8 Å². The molecule has 0 saturated carbocycles. The minimum Gasteiger partial charge on any atom is -0.377 e. The fourth-order valence-electron chi connectivity index (χ4n) is 2.34. The molecule has 0 aromatic rings. The van der Waals surface area contributed by atoms with Crippen LogP contribution in [0.5, 0.6) is 0 Å². The Morgan fingerprint density at radius 1 is 1.17 bits per heavy atom. The van der Waals surface area contributed by atoms with Gasteiger partial charge in [0.2, 0.25) is 0 Å². The van der Waals surface area contributed by atoms with Gasteiger partial charge in [-0.1, -0.05) is 70.4 Å². The first-order valence-corrected chi connectivity index (χ1v) is 8.99. The fraction of sp³-hybridized carbons (Fsp3) is 0.714. The Bertz CT molecular complexity index is 453. The van der Waals surface area contributed by atoms with Crippen molar-refractivity contribution in [3.63, 3.8) is 0 Å². The molecular weight excluding hydrogens is 300 g/mol. The molecule has 0 aliphatic rings. The molecule has 3 heteroatoms. The zero-order valence-electron chi connectivity index (χ0n) is 15.8. The molecule has 0 aromatic carbocycles. The fourth-order valence-corrected chi connectivity index (χ4v) is 2.34. The highest BCUT2D eigenvalue weighted by Gasteiger charge is 2.24. The van der Waals surface area contributed by atoms with Crippen molar-refractivity contribution in [1.29, 1.82) is 0 Å². The summed E-state index contributed by atoms with van der Waals surface area (Å²) in [6.07, 6.45) is 8.15. The van der Waals surface area contributed by atoms with Gasteiger partial charge in [-0.05, 0) is 38.0 Å². The van der Waals surface area contributed by atoms with Crippen LogP contribution < -0.4 is 0 Å². The monoisotopic (exact) mass is 334 g/mol. The molecule has 24 heavy (non-hydrogen) atoms. The number of unbranched alkanes of at least 4 members (excludes halogenated alkanes) is 4. The highest BCUT2D eigenvalue weighted by molar-refractivity contribution is 5.28. The van der Waals surface area contributed by atoms with Crippen molar-refractivity contribution >= 4 is 0 Å². The lowest BCUT2D eigenvalue weighted by atomic mass is 9.95. The van der Waals surface area contributed by atoms with E-state index in [9.17, 15) is 10.2 Å². The van der Waals surface area contributed by atoms with Gasteiger partial charge in [0.05, 0.1) is 6.10 Å². The predicted molar refractivity (Wildman–Crippen MR) is 100 cm³/mol. The van der Waals surface area contributed by atoms with Crippen LogP contribution in [0.25, 0.3) is 0 Å². The van der Waals surface area contributed by atoms with Crippen LogP contribution >= 0.6 is 0 Å². The summed E-state index contributed by atoms with van der Waals surface area (Å²) in [5, 5.41) is 19.2. The number of aliphatic hydroxyl groups excluding tert-OH is 1. The second-order valence-corrected chi connectivity index (χ2v) is 6.74. The Morgan fingerprint density at radius 3 is 2.42 bits per heavy atom. The Labute approximate surface area is 148 Å². The molecule has 3 nitrogen and oxygen atoms in total. The molecule has 0 aromatic heterocycles. The van der Waals surface area contributed by atoms with Crippen molar-refractivity contribution in [3.8, 4) is 23.7 Å². The van der Waals surface area contributed by atoms with Crippen molar-refractivity contribution in [2.45, 2.75) is 90.6 Å². The zero-order valence-corrected chi connectivity index (χ0v) is 15.8. The molecule has 0 rings (SSSR count). The van der Waals surface area contributed by atoms with Gasteiger partial charge in [-0.15, -0.1) is 0 Å². The Kier molecular flexibility index (Phi) is 12.4. The van der Waals surface area contributed by atoms with Crippen molar-refractivity contribution in [2.75, 3.05) is 0 Å². The van der Waals surface area contributed by atoms with Gasteiger partial charge in [-0.25, -0.2) is 0 Å². The molecule has 0 aliphatic carbocycles. The van der Waals surface area contributed by atoms with Gasteiger partial charge in [0.1, 0.15) is 6.10 Å². The van der Waals surface area contributed by atoms with E-state index in [1.165, 1.54) is 31.8 Å². The summed E-state index contributed by atoms with van der Waals surface area (Å²) in [6.45, 7) is 11.1. The van der Waals surface area contributed by atoms with Gasteiger partial charge in [-0.3, -0.25) is 0 Å².